The molecule has 0 aromatic heterocycles. The first-order valence-corrected chi connectivity index (χ1v) is 10.1. The molecule has 0 unspecified atom stereocenters. The number of unbranched alkanes of at least 4 members (excludes halogenated alkanes) is 1. The van der Waals surface area contributed by atoms with E-state index in [9.17, 15) is 10.1 Å². The minimum atomic E-state index is -0.782. The summed E-state index contributed by atoms with van der Waals surface area (Å²) in [6.45, 7) is 7.73. The number of hydrogen-bond donors (Lipinski definition) is 0. The highest BCUT2D eigenvalue weighted by Gasteiger charge is 2.42. The Morgan fingerprint density at radius 2 is 1.61 bits per heavy atom. The van der Waals surface area contributed by atoms with E-state index in [1.54, 1.807) is 0 Å². The molecule has 2 aromatic rings. The molecule has 0 radical (unpaired) electrons. The third-order valence-electron chi connectivity index (χ3n) is 5.00. The predicted molar refractivity (Wildman–Crippen MR) is 113 cm³/mol. The average molecular weight is 378 g/mol. The molecule has 148 valence electrons. The lowest BCUT2D eigenvalue weighted by molar-refractivity contribution is -0.155. The second-order valence-corrected chi connectivity index (χ2v) is 8.31. The Morgan fingerprint density at radius 1 is 1.04 bits per heavy atom. The van der Waals surface area contributed by atoms with E-state index in [-0.39, 0.29) is 18.3 Å². The fourth-order valence-electron chi connectivity index (χ4n) is 3.72. The van der Waals surface area contributed by atoms with Crippen LogP contribution in [0, 0.1) is 11.3 Å². The van der Waals surface area contributed by atoms with Gasteiger partial charge >= 0.3 is 5.97 Å². The number of rotatable bonds is 8. The van der Waals surface area contributed by atoms with Crippen molar-refractivity contribution in [3.05, 3.63) is 71.8 Å². The molecule has 0 amide bonds. The molecular formula is C25H31NO2. The van der Waals surface area contributed by atoms with Crippen molar-refractivity contribution < 1.29 is 9.53 Å². The number of esters is 1. The molecule has 2 aromatic carbocycles. The van der Waals surface area contributed by atoms with Crippen molar-refractivity contribution in [1.29, 1.82) is 5.26 Å². The summed E-state index contributed by atoms with van der Waals surface area (Å²) in [6.07, 6.45) is 2.78. The van der Waals surface area contributed by atoms with E-state index >= 15 is 0 Å². The largest absolute Gasteiger partial charge is 0.460 e. The van der Waals surface area contributed by atoms with Gasteiger partial charge in [-0.05, 0) is 38.3 Å². The molecule has 0 aliphatic rings. The highest BCUT2D eigenvalue weighted by atomic mass is 16.6. The Kier molecular flexibility index (Phi) is 7.40. The third kappa shape index (κ3) is 5.45. The number of nitrogens with zero attached hydrogens (tertiary/aromatic N) is 1. The van der Waals surface area contributed by atoms with Gasteiger partial charge in [0.05, 0.1) is 17.9 Å². The molecule has 2 atom stereocenters. The van der Waals surface area contributed by atoms with Crippen LogP contribution in [0.3, 0.4) is 0 Å². The second-order valence-electron chi connectivity index (χ2n) is 8.31. The first-order chi connectivity index (χ1) is 13.3. The van der Waals surface area contributed by atoms with Crippen molar-refractivity contribution >= 4 is 5.97 Å². The number of carbonyl (C=O) groups excluding carboxylic acids is 1. The molecule has 3 nitrogen and oxygen atoms in total. The lowest BCUT2D eigenvalue weighted by atomic mass is 9.64. The molecular weight excluding hydrogens is 346 g/mol. The first-order valence-electron chi connectivity index (χ1n) is 10.1. The predicted octanol–water partition coefficient (Wildman–Crippen LogP) is 6.15. The summed E-state index contributed by atoms with van der Waals surface area (Å²) in [6, 6.07) is 22.4. The summed E-state index contributed by atoms with van der Waals surface area (Å²) in [5.74, 6) is -0.545. The monoisotopic (exact) mass is 377 g/mol. The quantitative estimate of drug-likeness (QED) is 0.518. The van der Waals surface area contributed by atoms with Gasteiger partial charge in [0.25, 0.3) is 0 Å². The standard InChI is InChI=1S/C25H31NO2/c1-5-6-17-25(19-26,21-15-11-8-12-16-21)22(20-13-9-7-10-14-20)18-23(27)28-24(2,3)4/h7-16,22H,5-6,17-18H2,1-4H3/t22-,25+/m1/s1. The van der Waals surface area contributed by atoms with Crippen LogP contribution in [0.1, 0.15) is 70.4 Å². The van der Waals surface area contributed by atoms with Gasteiger partial charge in [-0.2, -0.15) is 5.26 Å². The lowest BCUT2D eigenvalue weighted by Crippen LogP contribution is -2.35. The van der Waals surface area contributed by atoms with Crippen LogP contribution in [0.4, 0.5) is 0 Å². The number of carbonyl (C=O) groups is 1. The van der Waals surface area contributed by atoms with Gasteiger partial charge in [-0.1, -0.05) is 80.4 Å². The van der Waals surface area contributed by atoms with E-state index in [0.29, 0.717) is 6.42 Å². The van der Waals surface area contributed by atoms with E-state index in [1.165, 1.54) is 0 Å². The maximum absolute atomic E-state index is 12.8. The molecule has 28 heavy (non-hydrogen) atoms. The summed E-state index contributed by atoms with van der Waals surface area (Å²) in [4.78, 5) is 12.8. The van der Waals surface area contributed by atoms with Gasteiger partial charge in [-0.25, -0.2) is 0 Å². The molecule has 0 aliphatic carbocycles. The first kappa shape index (κ1) is 21.7. The molecule has 0 heterocycles. The molecule has 3 heteroatoms. The maximum Gasteiger partial charge on any atom is 0.306 e. The van der Waals surface area contributed by atoms with E-state index in [4.69, 9.17) is 4.74 Å². The van der Waals surface area contributed by atoms with Gasteiger partial charge in [0.15, 0.2) is 0 Å². The van der Waals surface area contributed by atoms with Crippen LogP contribution in [-0.2, 0) is 14.9 Å². The maximum atomic E-state index is 12.8. The van der Waals surface area contributed by atoms with Crippen LogP contribution in [-0.4, -0.2) is 11.6 Å². The topological polar surface area (TPSA) is 50.1 Å². The number of benzene rings is 2. The van der Waals surface area contributed by atoms with E-state index < -0.39 is 11.0 Å². The van der Waals surface area contributed by atoms with Gasteiger partial charge in [-0.15, -0.1) is 0 Å². The Labute approximate surface area is 169 Å². The van der Waals surface area contributed by atoms with Crippen molar-refractivity contribution in [2.24, 2.45) is 0 Å². The summed E-state index contributed by atoms with van der Waals surface area (Å²) >= 11 is 0. The second kappa shape index (κ2) is 9.55. The summed E-state index contributed by atoms with van der Waals surface area (Å²) < 4.78 is 5.62. The Morgan fingerprint density at radius 3 is 2.11 bits per heavy atom. The smallest absolute Gasteiger partial charge is 0.306 e. The lowest BCUT2D eigenvalue weighted by Gasteiger charge is -2.36. The zero-order valence-electron chi connectivity index (χ0n) is 17.4. The number of ether oxygens (including phenoxy) is 1. The van der Waals surface area contributed by atoms with Crippen LogP contribution in [0.25, 0.3) is 0 Å². The molecule has 0 spiro atoms. The molecule has 0 fully saturated rings. The molecule has 0 saturated carbocycles. The summed E-state index contributed by atoms with van der Waals surface area (Å²) in [5, 5.41) is 10.4. The van der Waals surface area contributed by atoms with E-state index in [0.717, 1.165) is 24.0 Å². The summed E-state index contributed by atoms with van der Waals surface area (Å²) in [5.41, 5.74) is 0.623. The molecule has 0 aliphatic heterocycles. The van der Waals surface area contributed by atoms with Gasteiger partial charge in [0, 0.05) is 5.92 Å². The minimum absolute atomic E-state index is 0.174. The van der Waals surface area contributed by atoms with Crippen LogP contribution >= 0.6 is 0 Å². The van der Waals surface area contributed by atoms with Crippen molar-refractivity contribution in [2.75, 3.05) is 0 Å². The highest BCUT2D eigenvalue weighted by molar-refractivity contribution is 5.72. The molecule has 0 N–H and O–H groups in total. The van der Waals surface area contributed by atoms with Gasteiger partial charge < -0.3 is 4.74 Å². The molecule has 0 bridgehead atoms. The Balaban J connectivity index is 2.55. The SMILES string of the molecule is CCCC[C@](C#N)(c1ccccc1)[C@H](CC(=O)OC(C)(C)C)c1ccccc1. The van der Waals surface area contributed by atoms with Gasteiger partial charge in [0.2, 0.25) is 0 Å². The van der Waals surface area contributed by atoms with Crippen molar-refractivity contribution in [2.45, 2.75) is 70.3 Å². The Bertz CT molecular complexity index is 787. The van der Waals surface area contributed by atoms with Crippen LogP contribution in [0.2, 0.25) is 0 Å². The van der Waals surface area contributed by atoms with E-state index in [1.807, 2.05) is 81.4 Å². The van der Waals surface area contributed by atoms with Gasteiger partial charge in [0.1, 0.15) is 5.60 Å². The van der Waals surface area contributed by atoms with Crippen LogP contribution < -0.4 is 0 Å². The van der Waals surface area contributed by atoms with Crippen LogP contribution in [0.15, 0.2) is 60.7 Å². The van der Waals surface area contributed by atoms with Crippen molar-refractivity contribution in [1.82, 2.24) is 0 Å². The summed E-state index contributed by atoms with van der Waals surface area (Å²) in [7, 11) is 0. The molecule has 2 rings (SSSR count). The zero-order chi connectivity index (χ0) is 20.6. The minimum Gasteiger partial charge on any atom is -0.460 e. The molecule has 0 saturated heterocycles. The van der Waals surface area contributed by atoms with Gasteiger partial charge in [-0.3, -0.25) is 4.79 Å². The Hall–Kier alpha value is -2.60. The average Bonchev–Trinajstić information content (AvgIpc) is 2.68. The fraction of sp³-hybridized carbons (Fsp3) is 0.440. The number of hydrogen-bond acceptors (Lipinski definition) is 3. The van der Waals surface area contributed by atoms with Crippen LogP contribution in [0.5, 0.6) is 0 Å². The van der Waals surface area contributed by atoms with Crippen molar-refractivity contribution in [3.63, 3.8) is 0 Å². The van der Waals surface area contributed by atoms with E-state index in [2.05, 4.69) is 13.0 Å². The highest BCUT2D eigenvalue weighted by Crippen LogP contribution is 2.45. The third-order valence-corrected chi connectivity index (χ3v) is 5.00. The fourth-order valence-corrected chi connectivity index (χ4v) is 3.72. The van der Waals surface area contributed by atoms with Crippen molar-refractivity contribution in [3.8, 4) is 6.07 Å². The zero-order valence-corrected chi connectivity index (χ0v) is 17.4. The normalized spacial score (nSPS) is 14.5. The number of nitriles is 1.